The van der Waals surface area contributed by atoms with Crippen LogP contribution in [-0.2, 0) is 9.59 Å². The molecule has 2 amide bonds. The molecule has 0 aliphatic carbocycles. The molecule has 0 saturated carbocycles. The summed E-state index contributed by atoms with van der Waals surface area (Å²) in [5.41, 5.74) is 9.83. The fraction of sp³-hybridized carbons (Fsp3) is 0.182. The zero-order valence-electron chi connectivity index (χ0n) is 9.15. The molecule has 84 valence electrons. The van der Waals surface area contributed by atoms with Crippen molar-refractivity contribution in [2.45, 2.75) is 13.8 Å². The second-order valence-electron chi connectivity index (χ2n) is 3.42. The van der Waals surface area contributed by atoms with Gasteiger partial charge in [-0.1, -0.05) is 23.8 Å². The summed E-state index contributed by atoms with van der Waals surface area (Å²) in [5, 5.41) is 3.63. The Morgan fingerprint density at radius 2 is 2.06 bits per heavy atom. The van der Waals surface area contributed by atoms with Gasteiger partial charge in [-0.2, -0.15) is 5.10 Å². The van der Waals surface area contributed by atoms with E-state index in [0.29, 0.717) is 0 Å². The molecule has 0 saturated heterocycles. The maximum Gasteiger partial charge on any atom is 0.329 e. The van der Waals surface area contributed by atoms with Crippen LogP contribution in [-0.4, -0.2) is 18.0 Å². The van der Waals surface area contributed by atoms with Crippen molar-refractivity contribution in [3.63, 3.8) is 0 Å². The van der Waals surface area contributed by atoms with Crippen molar-refractivity contribution in [3.05, 3.63) is 34.9 Å². The zero-order valence-corrected chi connectivity index (χ0v) is 9.15. The SMILES string of the molecule is Cc1ccc(C=NNC(=O)C(N)=O)c(C)c1. The largest absolute Gasteiger partial charge is 0.361 e. The summed E-state index contributed by atoms with van der Waals surface area (Å²) in [7, 11) is 0. The summed E-state index contributed by atoms with van der Waals surface area (Å²) in [6.45, 7) is 3.92. The third-order valence-electron chi connectivity index (χ3n) is 2.02. The number of rotatable bonds is 2. The highest BCUT2D eigenvalue weighted by molar-refractivity contribution is 6.34. The first-order chi connectivity index (χ1) is 7.50. The number of nitrogens with zero attached hydrogens (tertiary/aromatic N) is 1. The smallest absolute Gasteiger partial charge is 0.329 e. The fourth-order valence-corrected chi connectivity index (χ4v) is 1.19. The maximum absolute atomic E-state index is 10.8. The van der Waals surface area contributed by atoms with Gasteiger partial charge in [0.2, 0.25) is 0 Å². The summed E-state index contributed by atoms with van der Waals surface area (Å²) >= 11 is 0. The molecule has 0 aliphatic rings. The maximum atomic E-state index is 10.8. The van der Waals surface area contributed by atoms with Crippen LogP contribution in [0.15, 0.2) is 23.3 Å². The zero-order chi connectivity index (χ0) is 12.1. The van der Waals surface area contributed by atoms with Crippen LogP contribution in [0.1, 0.15) is 16.7 Å². The lowest BCUT2D eigenvalue weighted by Gasteiger charge is -2.00. The number of hydrogen-bond acceptors (Lipinski definition) is 3. The van der Waals surface area contributed by atoms with E-state index in [1.807, 2.05) is 37.5 Å². The molecule has 0 aliphatic heterocycles. The topological polar surface area (TPSA) is 84.6 Å². The third kappa shape index (κ3) is 3.20. The first-order valence-electron chi connectivity index (χ1n) is 4.71. The van der Waals surface area contributed by atoms with Gasteiger partial charge in [0.25, 0.3) is 0 Å². The van der Waals surface area contributed by atoms with Crippen molar-refractivity contribution in [1.29, 1.82) is 0 Å². The molecule has 0 fully saturated rings. The average Bonchev–Trinajstić information content (AvgIpc) is 2.20. The Bertz CT molecular complexity index is 453. The molecule has 0 spiro atoms. The second-order valence-corrected chi connectivity index (χ2v) is 3.42. The number of carbonyl (C=O) groups excluding carboxylic acids is 2. The Kier molecular flexibility index (Phi) is 3.77. The molecule has 5 heteroatoms. The van der Waals surface area contributed by atoms with E-state index in [2.05, 4.69) is 5.10 Å². The number of hydrazone groups is 1. The van der Waals surface area contributed by atoms with Gasteiger partial charge in [-0.25, -0.2) is 5.43 Å². The van der Waals surface area contributed by atoms with E-state index >= 15 is 0 Å². The number of amides is 2. The van der Waals surface area contributed by atoms with Gasteiger partial charge in [-0.3, -0.25) is 9.59 Å². The molecule has 0 atom stereocenters. The number of hydrogen-bond donors (Lipinski definition) is 2. The van der Waals surface area contributed by atoms with Gasteiger partial charge in [0, 0.05) is 0 Å². The predicted octanol–water partition coefficient (Wildman–Crippen LogP) is 0.239. The number of benzene rings is 1. The van der Waals surface area contributed by atoms with Crippen molar-refractivity contribution >= 4 is 18.0 Å². The quantitative estimate of drug-likeness (QED) is 0.424. The molecule has 5 nitrogen and oxygen atoms in total. The van der Waals surface area contributed by atoms with Crippen LogP contribution in [0.4, 0.5) is 0 Å². The summed E-state index contributed by atoms with van der Waals surface area (Å²) < 4.78 is 0. The molecule has 0 heterocycles. The van der Waals surface area contributed by atoms with Crippen LogP contribution in [0, 0.1) is 13.8 Å². The van der Waals surface area contributed by atoms with Crippen LogP contribution in [0.2, 0.25) is 0 Å². The number of aryl methyl sites for hydroxylation is 2. The molecule has 1 aromatic rings. The van der Waals surface area contributed by atoms with E-state index < -0.39 is 11.8 Å². The van der Waals surface area contributed by atoms with Crippen molar-refractivity contribution in [1.82, 2.24) is 5.43 Å². The Labute approximate surface area is 93.3 Å². The van der Waals surface area contributed by atoms with Gasteiger partial charge < -0.3 is 5.73 Å². The van der Waals surface area contributed by atoms with Crippen molar-refractivity contribution < 1.29 is 9.59 Å². The molecular weight excluding hydrogens is 206 g/mol. The lowest BCUT2D eigenvalue weighted by Crippen LogP contribution is -2.32. The van der Waals surface area contributed by atoms with E-state index in [1.54, 1.807) is 0 Å². The second kappa shape index (κ2) is 5.06. The summed E-state index contributed by atoms with van der Waals surface area (Å²) in [5.74, 6) is -1.99. The molecule has 16 heavy (non-hydrogen) atoms. The van der Waals surface area contributed by atoms with Crippen molar-refractivity contribution in [3.8, 4) is 0 Å². The normalized spacial score (nSPS) is 10.4. The highest BCUT2D eigenvalue weighted by Gasteiger charge is 2.05. The molecule has 3 N–H and O–H groups in total. The molecule has 1 rings (SSSR count). The van der Waals surface area contributed by atoms with Gasteiger partial charge in [-0.15, -0.1) is 0 Å². The monoisotopic (exact) mass is 219 g/mol. The number of primary amides is 1. The fourth-order valence-electron chi connectivity index (χ4n) is 1.19. The van der Waals surface area contributed by atoms with E-state index in [4.69, 9.17) is 5.73 Å². The lowest BCUT2D eigenvalue weighted by atomic mass is 10.1. The highest BCUT2D eigenvalue weighted by Crippen LogP contribution is 2.07. The number of nitrogens with two attached hydrogens (primary N) is 1. The summed E-state index contributed by atoms with van der Waals surface area (Å²) in [6.07, 6.45) is 1.47. The van der Waals surface area contributed by atoms with Crippen LogP contribution in [0.3, 0.4) is 0 Å². The molecule has 0 aromatic heterocycles. The molecule has 0 radical (unpaired) electrons. The Hall–Kier alpha value is -2.17. The first-order valence-corrected chi connectivity index (χ1v) is 4.71. The third-order valence-corrected chi connectivity index (χ3v) is 2.02. The Morgan fingerprint density at radius 1 is 1.38 bits per heavy atom. The van der Waals surface area contributed by atoms with Gasteiger partial charge in [-0.05, 0) is 25.0 Å². The van der Waals surface area contributed by atoms with Gasteiger partial charge in [0.1, 0.15) is 0 Å². The van der Waals surface area contributed by atoms with Crippen molar-refractivity contribution in [2.24, 2.45) is 10.8 Å². The average molecular weight is 219 g/mol. The summed E-state index contributed by atoms with van der Waals surface area (Å²) in [4.78, 5) is 21.2. The van der Waals surface area contributed by atoms with E-state index in [0.717, 1.165) is 16.7 Å². The van der Waals surface area contributed by atoms with Gasteiger partial charge in [0.15, 0.2) is 0 Å². The molecule has 0 unspecified atom stereocenters. The Morgan fingerprint density at radius 3 is 2.62 bits per heavy atom. The van der Waals surface area contributed by atoms with E-state index in [-0.39, 0.29) is 0 Å². The van der Waals surface area contributed by atoms with Gasteiger partial charge in [0.05, 0.1) is 6.21 Å². The highest BCUT2D eigenvalue weighted by atomic mass is 16.2. The van der Waals surface area contributed by atoms with Crippen LogP contribution in [0.5, 0.6) is 0 Å². The molecule has 0 bridgehead atoms. The minimum Gasteiger partial charge on any atom is -0.361 e. The van der Waals surface area contributed by atoms with E-state index in [1.165, 1.54) is 6.21 Å². The number of nitrogens with one attached hydrogen (secondary N) is 1. The van der Waals surface area contributed by atoms with Gasteiger partial charge >= 0.3 is 11.8 Å². The molecular formula is C11H13N3O2. The lowest BCUT2D eigenvalue weighted by molar-refractivity contribution is -0.137. The van der Waals surface area contributed by atoms with Crippen LogP contribution < -0.4 is 11.2 Å². The first kappa shape index (κ1) is 11.9. The predicted molar refractivity (Wildman–Crippen MR) is 60.8 cm³/mol. The van der Waals surface area contributed by atoms with Crippen LogP contribution in [0.25, 0.3) is 0 Å². The minimum atomic E-state index is -1.06. The standard InChI is InChI=1S/C11H13N3O2/c1-7-3-4-9(8(2)5-7)6-13-14-11(16)10(12)15/h3-6H,1-2H3,(H2,12,15)(H,14,16). The number of carbonyl (C=O) groups is 2. The van der Waals surface area contributed by atoms with Crippen LogP contribution >= 0.6 is 0 Å². The Balaban J connectivity index is 2.70. The minimum absolute atomic E-state index is 0.871. The summed E-state index contributed by atoms with van der Waals surface area (Å²) in [6, 6.07) is 5.81. The molecule has 1 aromatic carbocycles. The van der Waals surface area contributed by atoms with Crippen molar-refractivity contribution in [2.75, 3.05) is 0 Å². The van der Waals surface area contributed by atoms with E-state index in [9.17, 15) is 9.59 Å².